The van der Waals surface area contributed by atoms with Crippen LogP contribution >= 0.6 is 24.0 Å². The van der Waals surface area contributed by atoms with Crippen molar-refractivity contribution in [1.82, 2.24) is 29.9 Å². The maximum Gasteiger partial charge on any atom is 0.242 e. The van der Waals surface area contributed by atoms with Gasteiger partial charge >= 0.3 is 0 Å². The normalized spacial score (nSPS) is 11.0. The number of guanidine groups is 1. The van der Waals surface area contributed by atoms with Crippen LogP contribution in [0.1, 0.15) is 39.9 Å². The second-order valence-electron chi connectivity index (χ2n) is 5.85. The summed E-state index contributed by atoms with van der Waals surface area (Å²) in [6.07, 6.45) is 3.57. The number of aryl methyl sites for hydroxylation is 1. The topological polar surface area (TPSA) is 78.6 Å². The van der Waals surface area contributed by atoms with E-state index in [1.54, 1.807) is 6.33 Å². The molecule has 0 radical (unpaired) electrons. The number of rotatable bonds is 10. The van der Waals surface area contributed by atoms with E-state index < -0.39 is 0 Å². The molecule has 1 heterocycles. The lowest BCUT2D eigenvalue weighted by atomic mass is 10.4. The Morgan fingerprint density at radius 1 is 1.27 bits per heavy atom. The molecule has 1 aromatic rings. The molecule has 0 spiro atoms. The molecule has 0 bridgehead atoms. The largest absolute Gasteiger partial charge is 0.354 e. The van der Waals surface area contributed by atoms with Gasteiger partial charge in [0.15, 0.2) is 5.96 Å². The number of halogens is 1. The monoisotopic (exact) mass is 479 g/mol. The standard InChI is InChI=1S/C17H33N7O.HI/c1-6-10-18-17(22(5)13-16(25)23(8-3)9-4)19-11-12-24-14-20-21-15(24)7-2;/h14H,6-13H2,1-5H3,(H,18,19);1H. The SMILES string of the molecule is CCCN=C(NCCn1cnnc1CC)N(C)CC(=O)N(CC)CC.I. The summed E-state index contributed by atoms with van der Waals surface area (Å²) in [5.41, 5.74) is 0. The van der Waals surface area contributed by atoms with Gasteiger partial charge in [-0.05, 0) is 20.3 Å². The van der Waals surface area contributed by atoms with Gasteiger partial charge in [0.2, 0.25) is 5.91 Å². The van der Waals surface area contributed by atoms with Crippen LogP contribution in [-0.2, 0) is 17.8 Å². The summed E-state index contributed by atoms with van der Waals surface area (Å²) in [7, 11) is 1.90. The van der Waals surface area contributed by atoms with E-state index in [1.165, 1.54) is 0 Å². The van der Waals surface area contributed by atoms with Crippen LogP contribution in [0.5, 0.6) is 0 Å². The number of likely N-dealkylation sites (N-methyl/N-ethyl adjacent to an activating group) is 2. The first-order valence-electron chi connectivity index (χ1n) is 9.21. The van der Waals surface area contributed by atoms with Crippen LogP contribution in [0.4, 0.5) is 0 Å². The second kappa shape index (κ2) is 13.8. The van der Waals surface area contributed by atoms with E-state index in [0.717, 1.165) is 50.8 Å². The molecule has 1 amide bonds. The zero-order valence-electron chi connectivity index (χ0n) is 16.7. The van der Waals surface area contributed by atoms with Gasteiger partial charge in [-0.1, -0.05) is 13.8 Å². The Labute approximate surface area is 174 Å². The van der Waals surface area contributed by atoms with Crippen molar-refractivity contribution in [3.05, 3.63) is 12.2 Å². The minimum atomic E-state index is 0. The van der Waals surface area contributed by atoms with Crippen LogP contribution in [0.2, 0.25) is 0 Å². The Bertz CT molecular complexity index is 543. The first-order valence-corrected chi connectivity index (χ1v) is 9.21. The molecule has 0 aliphatic rings. The number of aliphatic imine (C=N–C) groups is 1. The summed E-state index contributed by atoms with van der Waals surface area (Å²) in [6, 6.07) is 0. The van der Waals surface area contributed by atoms with Crippen LogP contribution in [0, 0.1) is 0 Å². The molecule has 26 heavy (non-hydrogen) atoms. The van der Waals surface area contributed by atoms with Crippen LogP contribution in [0.15, 0.2) is 11.3 Å². The predicted octanol–water partition coefficient (Wildman–Crippen LogP) is 1.61. The highest BCUT2D eigenvalue weighted by Gasteiger charge is 2.15. The first-order chi connectivity index (χ1) is 12.1. The molecule has 1 rings (SSSR count). The number of nitrogens with one attached hydrogen (secondary N) is 1. The van der Waals surface area contributed by atoms with Crippen molar-refractivity contribution in [2.75, 3.05) is 39.8 Å². The number of aromatic nitrogens is 3. The zero-order chi connectivity index (χ0) is 18.7. The summed E-state index contributed by atoms with van der Waals surface area (Å²) in [5.74, 6) is 1.85. The minimum Gasteiger partial charge on any atom is -0.354 e. The fourth-order valence-corrected chi connectivity index (χ4v) is 2.51. The van der Waals surface area contributed by atoms with E-state index in [2.05, 4.69) is 34.4 Å². The third-order valence-corrected chi connectivity index (χ3v) is 3.98. The quantitative estimate of drug-likeness (QED) is 0.314. The Balaban J connectivity index is 0.00000625. The van der Waals surface area contributed by atoms with E-state index in [9.17, 15) is 4.79 Å². The van der Waals surface area contributed by atoms with Crippen molar-refractivity contribution in [3.63, 3.8) is 0 Å². The van der Waals surface area contributed by atoms with E-state index in [4.69, 9.17) is 0 Å². The molecule has 0 saturated heterocycles. The first kappa shape index (κ1) is 24.6. The van der Waals surface area contributed by atoms with Crippen molar-refractivity contribution in [3.8, 4) is 0 Å². The molecular weight excluding hydrogens is 445 g/mol. The molecule has 0 unspecified atom stereocenters. The minimum absolute atomic E-state index is 0. The Morgan fingerprint density at radius 2 is 1.96 bits per heavy atom. The van der Waals surface area contributed by atoms with Gasteiger partial charge in [-0.2, -0.15) is 0 Å². The molecule has 0 fully saturated rings. The Hall–Kier alpha value is -1.39. The Morgan fingerprint density at radius 3 is 2.54 bits per heavy atom. The second-order valence-corrected chi connectivity index (χ2v) is 5.85. The van der Waals surface area contributed by atoms with E-state index >= 15 is 0 Å². The lowest BCUT2D eigenvalue weighted by Crippen LogP contribution is -2.46. The molecule has 0 atom stereocenters. The van der Waals surface area contributed by atoms with Gasteiger partial charge < -0.3 is 19.7 Å². The molecule has 8 nitrogen and oxygen atoms in total. The molecule has 0 aliphatic heterocycles. The molecular formula is C17H34IN7O. The predicted molar refractivity (Wildman–Crippen MR) is 116 cm³/mol. The van der Waals surface area contributed by atoms with Gasteiger partial charge in [0.25, 0.3) is 0 Å². The Kier molecular flexibility index (Phi) is 13.0. The molecule has 1 aromatic heterocycles. The highest BCUT2D eigenvalue weighted by molar-refractivity contribution is 14.0. The number of amides is 1. The summed E-state index contributed by atoms with van der Waals surface area (Å²) in [4.78, 5) is 20.6. The average molecular weight is 479 g/mol. The van der Waals surface area contributed by atoms with Crippen molar-refractivity contribution in [2.45, 2.75) is 47.1 Å². The zero-order valence-corrected chi connectivity index (χ0v) is 19.1. The van der Waals surface area contributed by atoms with Gasteiger partial charge in [0.05, 0.1) is 6.54 Å². The van der Waals surface area contributed by atoms with Crippen molar-refractivity contribution in [1.29, 1.82) is 0 Å². The summed E-state index contributed by atoms with van der Waals surface area (Å²) < 4.78 is 2.03. The third kappa shape index (κ3) is 7.88. The highest BCUT2D eigenvalue weighted by atomic mass is 127. The number of hydrogen-bond donors (Lipinski definition) is 1. The van der Waals surface area contributed by atoms with Crippen molar-refractivity contribution in [2.24, 2.45) is 4.99 Å². The van der Waals surface area contributed by atoms with E-state index in [1.807, 2.05) is 35.3 Å². The molecule has 1 N–H and O–H groups in total. The van der Waals surface area contributed by atoms with Gasteiger partial charge in [-0.25, -0.2) is 0 Å². The number of carbonyl (C=O) groups excluding carboxylic acids is 1. The number of carbonyl (C=O) groups is 1. The fraction of sp³-hybridized carbons (Fsp3) is 0.765. The summed E-state index contributed by atoms with van der Waals surface area (Å²) in [5, 5.41) is 11.4. The molecule has 150 valence electrons. The van der Waals surface area contributed by atoms with E-state index in [-0.39, 0.29) is 29.9 Å². The highest BCUT2D eigenvalue weighted by Crippen LogP contribution is 1.97. The van der Waals surface area contributed by atoms with Gasteiger partial charge in [-0.3, -0.25) is 9.79 Å². The van der Waals surface area contributed by atoms with Crippen LogP contribution < -0.4 is 5.32 Å². The smallest absolute Gasteiger partial charge is 0.242 e. The summed E-state index contributed by atoms with van der Waals surface area (Å²) in [6.45, 7) is 12.1. The molecule has 9 heteroatoms. The number of nitrogens with zero attached hydrogens (tertiary/aromatic N) is 6. The maximum absolute atomic E-state index is 12.3. The van der Waals surface area contributed by atoms with E-state index in [0.29, 0.717) is 13.1 Å². The summed E-state index contributed by atoms with van der Waals surface area (Å²) >= 11 is 0. The lowest BCUT2D eigenvalue weighted by molar-refractivity contribution is -0.131. The van der Waals surface area contributed by atoms with Gasteiger partial charge in [0.1, 0.15) is 12.2 Å². The lowest BCUT2D eigenvalue weighted by Gasteiger charge is -2.26. The molecule has 0 aromatic carbocycles. The maximum atomic E-state index is 12.3. The van der Waals surface area contributed by atoms with Crippen LogP contribution in [0.25, 0.3) is 0 Å². The van der Waals surface area contributed by atoms with Crippen LogP contribution in [-0.4, -0.2) is 76.2 Å². The van der Waals surface area contributed by atoms with Gasteiger partial charge in [0, 0.05) is 46.2 Å². The number of hydrogen-bond acceptors (Lipinski definition) is 4. The molecule has 0 aliphatic carbocycles. The van der Waals surface area contributed by atoms with Crippen LogP contribution in [0.3, 0.4) is 0 Å². The van der Waals surface area contributed by atoms with Crippen molar-refractivity contribution >= 4 is 35.8 Å². The van der Waals surface area contributed by atoms with Gasteiger partial charge in [-0.15, -0.1) is 34.2 Å². The molecule has 0 saturated carbocycles. The van der Waals surface area contributed by atoms with Crippen molar-refractivity contribution < 1.29 is 4.79 Å². The fourth-order valence-electron chi connectivity index (χ4n) is 2.51. The average Bonchev–Trinajstić information content (AvgIpc) is 3.06. The third-order valence-electron chi connectivity index (χ3n) is 3.98.